The number of carbonyl (C=O) groups is 2. The molecule has 1 aliphatic heterocycles. The minimum absolute atomic E-state index is 0.142. The van der Waals surface area contributed by atoms with Crippen molar-refractivity contribution in [2.24, 2.45) is 5.92 Å². The van der Waals surface area contributed by atoms with E-state index in [1.807, 2.05) is 30.3 Å². The highest BCUT2D eigenvalue weighted by Crippen LogP contribution is 2.39. The number of aliphatic hydroxyl groups excluding tert-OH is 1. The Bertz CT molecular complexity index is 932. The molecule has 5 nitrogen and oxygen atoms in total. The van der Waals surface area contributed by atoms with Gasteiger partial charge in [-0.05, 0) is 42.2 Å². The van der Waals surface area contributed by atoms with Gasteiger partial charge in [0.15, 0.2) is 0 Å². The summed E-state index contributed by atoms with van der Waals surface area (Å²) in [5, 5.41) is 11.1. The summed E-state index contributed by atoms with van der Waals surface area (Å²) in [7, 11) is 0. The molecule has 1 N–H and O–H groups in total. The van der Waals surface area contributed by atoms with Gasteiger partial charge in [-0.15, -0.1) is 0 Å². The Hall–Kier alpha value is -3.08. The van der Waals surface area contributed by atoms with Crippen molar-refractivity contribution in [3.8, 4) is 5.75 Å². The zero-order valence-corrected chi connectivity index (χ0v) is 18.5. The van der Waals surface area contributed by atoms with Gasteiger partial charge in [0.2, 0.25) is 0 Å². The van der Waals surface area contributed by atoms with Crippen molar-refractivity contribution in [3.05, 3.63) is 71.3 Å². The molecule has 164 valence electrons. The molecule has 1 atom stereocenters. The van der Waals surface area contributed by atoms with Gasteiger partial charge in [0.05, 0.1) is 18.2 Å². The summed E-state index contributed by atoms with van der Waals surface area (Å²) in [6.07, 6.45) is 2.81. The molecule has 1 saturated heterocycles. The Labute approximate surface area is 184 Å². The average molecular weight is 422 g/mol. The lowest BCUT2D eigenvalue weighted by Crippen LogP contribution is -2.30. The first-order chi connectivity index (χ1) is 14.9. The lowest BCUT2D eigenvalue weighted by molar-refractivity contribution is -0.139. The number of ketones is 1. The predicted molar refractivity (Wildman–Crippen MR) is 122 cm³/mol. The number of unbranched alkanes of at least 4 members (excludes halogenated alkanes) is 2. The van der Waals surface area contributed by atoms with Gasteiger partial charge in [-0.1, -0.05) is 63.9 Å². The summed E-state index contributed by atoms with van der Waals surface area (Å²) in [4.78, 5) is 27.4. The molecule has 31 heavy (non-hydrogen) atoms. The SMILES string of the molecule is CCCCCN1C(=O)C(=O)/C(=C(\O)c2ccc(OCC(C)C)cc2)C1c1ccccc1. The van der Waals surface area contributed by atoms with Crippen LogP contribution in [0.15, 0.2) is 60.2 Å². The third kappa shape index (κ3) is 5.16. The van der Waals surface area contributed by atoms with E-state index in [1.165, 1.54) is 0 Å². The number of aliphatic hydroxyl groups is 1. The molecule has 0 spiro atoms. The molecule has 2 aromatic rings. The van der Waals surface area contributed by atoms with Crippen LogP contribution < -0.4 is 4.74 Å². The fourth-order valence-electron chi connectivity index (χ4n) is 3.75. The van der Waals surface area contributed by atoms with Crippen LogP contribution in [0.1, 0.15) is 57.2 Å². The van der Waals surface area contributed by atoms with Crippen molar-refractivity contribution in [3.63, 3.8) is 0 Å². The van der Waals surface area contributed by atoms with Gasteiger partial charge in [-0.25, -0.2) is 0 Å². The maximum Gasteiger partial charge on any atom is 0.295 e. The number of benzene rings is 2. The second kappa shape index (κ2) is 10.3. The van der Waals surface area contributed by atoms with E-state index < -0.39 is 17.7 Å². The molecule has 0 aliphatic carbocycles. The number of likely N-dealkylation sites (tertiary alicyclic amines) is 1. The topological polar surface area (TPSA) is 66.8 Å². The van der Waals surface area contributed by atoms with Crippen LogP contribution in [0, 0.1) is 5.92 Å². The van der Waals surface area contributed by atoms with Crippen molar-refractivity contribution in [2.75, 3.05) is 13.2 Å². The zero-order valence-electron chi connectivity index (χ0n) is 18.5. The second-order valence-electron chi connectivity index (χ2n) is 8.34. The van der Waals surface area contributed by atoms with E-state index in [0.717, 1.165) is 24.8 Å². The number of Topliss-reactive ketones (excluding diaryl/α,β-unsaturated/α-hetero) is 1. The van der Waals surface area contributed by atoms with Gasteiger partial charge in [-0.3, -0.25) is 9.59 Å². The van der Waals surface area contributed by atoms with Gasteiger partial charge in [-0.2, -0.15) is 0 Å². The molecule has 3 rings (SSSR count). The third-order valence-electron chi connectivity index (χ3n) is 5.37. The molecule has 1 aliphatic rings. The Balaban J connectivity index is 1.98. The quantitative estimate of drug-likeness (QED) is 0.257. The number of ether oxygens (including phenoxy) is 1. The molecule has 1 unspecified atom stereocenters. The second-order valence-corrected chi connectivity index (χ2v) is 8.34. The van der Waals surface area contributed by atoms with Crippen molar-refractivity contribution < 1.29 is 19.4 Å². The summed E-state index contributed by atoms with van der Waals surface area (Å²) in [5.74, 6) is -0.237. The van der Waals surface area contributed by atoms with Gasteiger partial charge in [0.25, 0.3) is 11.7 Å². The monoisotopic (exact) mass is 421 g/mol. The van der Waals surface area contributed by atoms with Crippen LogP contribution in [0.5, 0.6) is 5.75 Å². The lowest BCUT2D eigenvalue weighted by atomic mass is 9.95. The molecule has 1 heterocycles. The van der Waals surface area contributed by atoms with E-state index in [2.05, 4.69) is 20.8 Å². The molecule has 1 amide bonds. The van der Waals surface area contributed by atoms with Crippen LogP contribution in [-0.4, -0.2) is 34.8 Å². The fourth-order valence-corrected chi connectivity index (χ4v) is 3.75. The van der Waals surface area contributed by atoms with Crippen molar-refractivity contribution in [1.82, 2.24) is 4.90 Å². The minimum Gasteiger partial charge on any atom is -0.507 e. The molecular weight excluding hydrogens is 390 g/mol. The van der Waals surface area contributed by atoms with E-state index in [1.54, 1.807) is 29.2 Å². The van der Waals surface area contributed by atoms with E-state index in [-0.39, 0.29) is 11.3 Å². The third-order valence-corrected chi connectivity index (χ3v) is 5.37. The summed E-state index contributed by atoms with van der Waals surface area (Å²) < 4.78 is 5.70. The number of hydrogen-bond donors (Lipinski definition) is 1. The fraction of sp³-hybridized carbons (Fsp3) is 0.385. The van der Waals surface area contributed by atoms with Crippen molar-refractivity contribution in [2.45, 2.75) is 46.1 Å². The minimum atomic E-state index is -0.636. The molecule has 2 aromatic carbocycles. The van der Waals surface area contributed by atoms with E-state index in [4.69, 9.17) is 4.74 Å². The molecule has 5 heteroatoms. The van der Waals surface area contributed by atoms with E-state index >= 15 is 0 Å². The Morgan fingerprint density at radius 1 is 1.03 bits per heavy atom. The smallest absolute Gasteiger partial charge is 0.295 e. The Morgan fingerprint density at radius 3 is 2.32 bits per heavy atom. The van der Waals surface area contributed by atoms with Gasteiger partial charge >= 0.3 is 0 Å². The average Bonchev–Trinajstić information content (AvgIpc) is 3.03. The van der Waals surface area contributed by atoms with Crippen LogP contribution in [-0.2, 0) is 9.59 Å². The van der Waals surface area contributed by atoms with Crippen LogP contribution >= 0.6 is 0 Å². The summed E-state index contributed by atoms with van der Waals surface area (Å²) >= 11 is 0. The zero-order chi connectivity index (χ0) is 22.4. The Kier molecular flexibility index (Phi) is 7.50. The van der Waals surface area contributed by atoms with Crippen LogP contribution in [0.3, 0.4) is 0 Å². The predicted octanol–water partition coefficient (Wildman–Crippen LogP) is 5.33. The summed E-state index contributed by atoms with van der Waals surface area (Å²) in [6, 6.07) is 15.8. The standard InChI is InChI=1S/C26H31NO4/c1-4-5-9-16-27-23(19-10-7-6-8-11-19)22(25(29)26(27)30)24(28)20-12-14-21(15-13-20)31-17-18(2)3/h6-8,10-15,18,23,28H,4-5,9,16-17H2,1-3H3/b24-22-. The highest BCUT2D eigenvalue weighted by Gasteiger charge is 2.45. The number of rotatable bonds is 9. The normalized spacial score (nSPS) is 18.1. The van der Waals surface area contributed by atoms with Crippen molar-refractivity contribution in [1.29, 1.82) is 0 Å². The molecule has 1 fully saturated rings. The first-order valence-corrected chi connectivity index (χ1v) is 11.0. The van der Waals surface area contributed by atoms with Gasteiger partial charge in [0, 0.05) is 12.1 Å². The molecule has 0 saturated carbocycles. The summed E-state index contributed by atoms with van der Waals surface area (Å²) in [6.45, 7) is 7.32. The van der Waals surface area contributed by atoms with Crippen molar-refractivity contribution >= 4 is 17.4 Å². The van der Waals surface area contributed by atoms with Crippen LogP contribution in [0.4, 0.5) is 0 Å². The first-order valence-electron chi connectivity index (χ1n) is 11.0. The molecule has 0 radical (unpaired) electrons. The highest BCUT2D eigenvalue weighted by atomic mass is 16.5. The van der Waals surface area contributed by atoms with Crippen LogP contribution in [0.2, 0.25) is 0 Å². The number of hydrogen-bond acceptors (Lipinski definition) is 4. The molecule has 0 aromatic heterocycles. The lowest BCUT2D eigenvalue weighted by Gasteiger charge is -2.25. The van der Waals surface area contributed by atoms with E-state index in [0.29, 0.717) is 30.4 Å². The van der Waals surface area contributed by atoms with Gasteiger partial charge < -0.3 is 14.7 Å². The maximum atomic E-state index is 13.0. The highest BCUT2D eigenvalue weighted by molar-refractivity contribution is 6.46. The molecular formula is C26H31NO4. The number of carbonyl (C=O) groups excluding carboxylic acids is 2. The van der Waals surface area contributed by atoms with E-state index in [9.17, 15) is 14.7 Å². The molecule has 0 bridgehead atoms. The first kappa shape index (κ1) is 22.6. The van der Waals surface area contributed by atoms with Gasteiger partial charge in [0.1, 0.15) is 11.5 Å². The largest absolute Gasteiger partial charge is 0.507 e. The Morgan fingerprint density at radius 2 is 1.71 bits per heavy atom. The number of amides is 1. The van der Waals surface area contributed by atoms with Crippen LogP contribution in [0.25, 0.3) is 5.76 Å². The number of nitrogens with zero attached hydrogens (tertiary/aromatic N) is 1. The summed E-state index contributed by atoms with van der Waals surface area (Å²) in [5.41, 5.74) is 1.45. The maximum absolute atomic E-state index is 13.0.